The Labute approximate surface area is 103 Å². The van der Waals surface area contributed by atoms with Crippen molar-refractivity contribution in [3.05, 3.63) is 24.2 Å². The van der Waals surface area contributed by atoms with Gasteiger partial charge in [-0.2, -0.15) is 0 Å². The van der Waals surface area contributed by atoms with Gasteiger partial charge in [0.05, 0.1) is 6.26 Å². The second-order valence-electron chi connectivity index (χ2n) is 4.99. The molecule has 1 unspecified atom stereocenters. The standard InChI is InChI=1S/C13H23N3O/c1-15-4-6-16(7-5-15)11-12(10-14)9-13-3-2-8-17-13/h2-3,8,12H,4-7,9-11,14H2,1H3. The van der Waals surface area contributed by atoms with Gasteiger partial charge in [0, 0.05) is 39.1 Å². The van der Waals surface area contributed by atoms with E-state index in [9.17, 15) is 0 Å². The van der Waals surface area contributed by atoms with Crippen LogP contribution in [-0.4, -0.2) is 56.1 Å². The average molecular weight is 237 g/mol. The summed E-state index contributed by atoms with van der Waals surface area (Å²) in [6.45, 7) is 6.46. The Balaban J connectivity index is 1.79. The van der Waals surface area contributed by atoms with Crippen LogP contribution in [0.4, 0.5) is 0 Å². The molecule has 0 aromatic carbocycles. The molecule has 17 heavy (non-hydrogen) atoms. The Morgan fingerprint density at radius 2 is 2.12 bits per heavy atom. The molecule has 1 aliphatic rings. The number of nitrogens with zero attached hydrogens (tertiary/aromatic N) is 2. The summed E-state index contributed by atoms with van der Waals surface area (Å²) in [5, 5.41) is 0. The fourth-order valence-corrected chi connectivity index (χ4v) is 2.33. The van der Waals surface area contributed by atoms with Gasteiger partial charge in [-0.1, -0.05) is 0 Å². The monoisotopic (exact) mass is 237 g/mol. The average Bonchev–Trinajstić information content (AvgIpc) is 2.84. The number of hydrogen-bond donors (Lipinski definition) is 1. The third-order valence-electron chi connectivity index (χ3n) is 3.52. The van der Waals surface area contributed by atoms with Crippen molar-refractivity contribution in [3.8, 4) is 0 Å². The van der Waals surface area contributed by atoms with E-state index in [0.29, 0.717) is 5.92 Å². The van der Waals surface area contributed by atoms with E-state index in [4.69, 9.17) is 10.2 Å². The summed E-state index contributed by atoms with van der Waals surface area (Å²) in [6, 6.07) is 3.98. The van der Waals surface area contributed by atoms with E-state index in [1.807, 2.05) is 12.1 Å². The zero-order valence-electron chi connectivity index (χ0n) is 10.6. The first kappa shape index (κ1) is 12.6. The van der Waals surface area contributed by atoms with E-state index in [2.05, 4.69) is 16.8 Å². The zero-order chi connectivity index (χ0) is 12.1. The molecule has 1 atom stereocenters. The van der Waals surface area contributed by atoms with Crippen molar-refractivity contribution in [1.29, 1.82) is 0 Å². The molecule has 96 valence electrons. The van der Waals surface area contributed by atoms with E-state index >= 15 is 0 Å². The van der Waals surface area contributed by atoms with Gasteiger partial charge in [0.2, 0.25) is 0 Å². The number of nitrogens with two attached hydrogens (primary N) is 1. The lowest BCUT2D eigenvalue weighted by Crippen LogP contribution is -2.47. The SMILES string of the molecule is CN1CCN(CC(CN)Cc2ccco2)CC1. The van der Waals surface area contributed by atoms with Crippen molar-refractivity contribution in [2.24, 2.45) is 11.7 Å². The minimum atomic E-state index is 0.504. The van der Waals surface area contributed by atoms with Gasteiger partial charge in [-0.3, -0.25) is 0 Å². The predicted molar refractivity (Wildman–Crippen MR) is 68.9 cm³/mol. The molecular formula is C13H23N3O. The summed E-state index contributed by atoms with van der Waals surface area (Å²) in [6.07, 6.45) is 2.69. The summed E-state index contributed by atoms with van der Waals surface area (Å²) in [5.74, 6) is 1.55. The van der Waals surface area contributed by atoms with Crippen molar-refractivity contribution in [2.45, 2.75) is 6.42 Å². The molecule has 1 aromatic heterocycles. The molecule has 0 bridgehead atoms. The number of piperazine rings is 1. The van der Waals surface area contributed by atoms with E-state index in [-0.39, 0.29) is 0 Å². The quantitative estimate of drug-likeness (QED) is 0.816. The molecule has 2 heterocycles. The number of furan rings is 1. The van der Waals surface area contributed by atoms with Crippen LogP contribution in [0, 0.1) is 5.92 Å². The molecule has 2 rings (SSSR count). The van der Waals surface area contributed by atoms with Crippen LogP contribution in [0.1, 0.15) is 5.76 Å². The Kier molecular flexibility index (Phi) is 4.59. The van der Waals surface area contributed by atoms with E-state index in [0.717, 1.165) is 51.4 Å². The summed E-state index contributed by atoms with van der Waals surface area (Å²) >= 11 is 0. The lowest BCUT2D eigenvalue weighted by Gasteiger charge is -2.34. The van der Waals surface area contributed by atoms with Gasteiger partial charge in [-0.15, -0.1) is 0 Å². The van der Waals surface area contributed by atoms with Crippen molar-refractivity contribution >= 4 is 0 Å². The lowest BCUT2D eigenvalue weighted by molar-refractivity contribution is 0.135. The molecule has 4 heteroatoms. The second kappa shape index (κ2) is 6.19. The van der Waals surface area contributed by atoms with Gasteiger partial charge in [0.1, 0.15) is 5.76 Å². The minimum Gasteiger partial charge on any atom is -0.469 e. The van der Waals surface area contributed by atoms with Gasteiger partial charge in [-0.05, 0) is 31.6 Å². The van der Waals surface area contributed by atoms with Gasteiger partial charge in [0.25, 0.3) is 0 Å². The largest absolute Gasteiger partial charge is 0.469 e. The van der Waals surface area contributed by atoms with Crippen LogP contribution in [0.2, 0.25) is 0 Å². The van der Waals surface area contributed by atoms with Gasteiger partial charge in [-0.25, -0.2) is 0 Å². The Bertz CT molecular complexity index is 304. The first-order valence-electron chi connectivity index (χ1n) is 6.41. The molecule has 1 saturated heterocycles. The third kappa shape index (κ3) is 3.84. The molecular weight excluding hydrogens is 214 g/mol. The Morgan fingerprint density at radius 3 is 2.71 bits per heavy atom. The molecule has 0 amide bonds. The smallest absolute Gasteiger partial charge is 0.104 e. The van der Waals surface area contributed by atoms with Crippen LogP contribution >= 0.6 is 0 Å². The molecule has 0 saturated carbocycles. The van der Waals surface area contributed by atoms with Crippen LogP contribution in [0.5, 0.6) is 0 Å². The van der Waals surface area contributed by atoms with Crippen LogP contribution < -0.4 is 5.73 Å². The van der Waals surface area contributed by atoms with E-state index in [1.54, 1.807) is 6.26 Å². The van der Waals surface area contributed by atoms with Crippen LogP contribution in [-0.2, 0) is 6.42 Å². The van der Waals surface area contributed by atoms with Gasteiger partial charge in [0.15, 0.2) is 0 Å². The minimum absolute atomic E-state index is 0.504. The third-order valence-corrected chi connectivity index (χ3v) is 3.52. The second-order valence-corrected chi connectivity index (χ2v) is 4.99. The predicted octanol–water partition coefficient (Wildman–Crippen LogP) is 0.644. The Morgan fingerprint density at radius 1 is 1.35 bits per heavy atom. The summed E-state index contributed by atoms with van der Waals surface area (Å²) in [5.41, 5.74) is 5.86. The zero-order valence-corrected chi connectivity index (χ0v) is 10.6. The van der Waals surface area contributed by atoms with Crippen LogP contribution in [0.3, 0.4) is 0 Å². The molecule has 2 N–H and O–H groups in total. The van der Waals surface area contributed by atoms with E-state index < -0.39 is 0 Å². The first-order valence-corrected chi connectivity index (χ1v) is 6.41. The highest BCUT2D eigenvalue weighted by atomic mass is 16.3. The van der Waals surface area contributed by atoms with Crippen LogP contribution in [0.15, 0.2) is 22.8 Å². The molecule has 1 aliphatic heterocycles. The highest BCUT2D eigenvalue weighted by Gasteiger charge is 2.18. The van der Waals surface area contributed by atoms with Gasteiger partial charge >= 0.3 is 0 Å². The fourth-order valence-electron chi connectivity index (χ4n) is 2.33. The maximum Gasteiger partial charge on any atom is 0.104 e. The summed E-state index contributed by atoms with van der Waals surface area (Å²) in [4.78, 5) is 4.89. The van der Waals surface area contributed by atoms with E-state index in [1.165, 1.54) is 0 Å². The highest BCUT2D eigenvalue weighted by molar-refractivity contribution is 4.99. The molecule has 1 aromatic rings. The summed E-state index contributed by atoms with van der Waals surface area (Å²) in [7, 11) is 2.18. The number of rotatable bonds is 5. The molecule has 0 spiro atoms. The topological polar surface area (TPSA) is 45.6 Å². The normalized spacial score (nSPS) is 20.6. The number of hydrogen-bond acceptors (Lipinski definition) is 4. The molecule has 4 nitrogen and oxygen atoms in total. The summed E-state index contributed by atoms with van der Waals surface area (Å²) < 4.78 is 5.39. The maximum absolute atomic E-state index is 5.86. The molecule has 1 fully saturated rings. The lowest BCUT2D eigenvalue weighted by atomic mass is 10.0. The highest BCUT2D eigenvalue weighted by Crippen LogP contribution is 2.11. The maximum atomic E-state index is 5.86. The van der Waals surface area contributed by atoms with Crippen molar-refractivity contribution < 1.29 is 4.42 Å². The number of likely N-dealkylation sites (N-methyl/N-ethyl adjacent to an activating group) is 1. The first-order chi connectivity index (χ1) is 8.28. The van der Waals surface area contributed by atoms with Crippen LogP contribution in [0.25, 0.3) is 0 Å². The van der Waals surface area contributed by atoms with Gasteiger partial charge < -0.3 is 20.0 Å². The molecule has 0 aliphatic carbocycles. The van der Waals surface area contributed by atoms with Crippen molar-refractivity contribution in [3.63, 3.8) is 0 Å². The molecule has 0 radical (unpaired) electrons. The van der Waals surface area contributed by atoms with Crippen molar-refractivity contribution in [2.75, 3.05) is 46.3 Å². The Hall–Kier alpha value is -0.840. The van der Waals surface area contributed by atoms with Crippen molar-refractivity contribution in [1.82, 2.24) is 9.80 Å². The fraction of sp³-hybridized carbons (Fsp3) is 0.692.